The summed E-state index contributed by atoms with van der Waals surface area (Å²) in [5.74, 6) is -0.907. The van der Waals surface area contributed by atoms with Gasteiger partial charge in [0.05, 0.1) is 6.42 Å². The van der Waals surface area contributed by atoms with Crippen molar-refractivity contribution in [2.75, 3.05) is 20.1 Å². The third-order valence-electron chi connectivity index (χ3n) is 3.84. The van der Waals surface area contributed by atoms with E-state index in [9.17, 15) is 18.0 Å². The van der Waals surface area contributed by atoms with Crippen molar-refractivity contribution in [2.45, 2.75) is 24.2 Å². The molecule has 0 spiro atoms. The van der Waals surface area contributed by atoms with Gasteiger partial charge in [-0.1, -0.05) is 0 Å². The molecule has 1 aromatic heterocycles. The highest BCUT2D eigenvalue weighted by molar-refractivity contribution is 7.89. The van der Waals surface area contributed by atoms with Gasteiger partial charge >= 0.3 is 5.97 Å². The minimum atomic E-state index is -3.63. The Kier molecular flexibility index (Phi) is 5.10. The van der Waals surface area contributed by atoms with Crippen molar-refractivity contribution >= 4 is 21.9 Å². The molecular formula is C14H21N3O5S. The van der Waals surface area contributed by atoms with Crippen LogP contribution in [0.2, 0.25) is 0 Å². The van der Waals surface area contributed by atoms with Crippen molar-refractivity contribution in [1.29, 1.82) is 0 Å². The Balaban J connectivity index is 2.22. The van der Waals surface area contributed by atoms with Gasteiger partial charge in [-0.15, -0.1) is 0 Å². The van der Waals surface area contributed by atoms with Crippen LogP contribution in [0.25, 0.3) is 0 Å². The molecule has 128 valence electrons. The Morgan fingerprint density at radius 1 is 1.43 bits per heavy atom. The lowest BCUT2D eigenvalue weighted by molar-refractivity contribution is -0.137. The number of carboxylic acids is 1. The van der Waals surface area contributed by atoms with E-state index in [4.69, 9.17) is 5.11 Å². The molecule has 1 aromatic rings. The zero-order valence-corrected chi connectivity index (χ0v) is 14.0. The van der Waals surface area contributed by atoms with E-state index in [2.05, 4.69) is 4.72 Å². The number of nitrogens with zero attached hydrogens (tertiary/aromatic N) is 2. The van der Waals surface area contributed by atoms with E-state index < -0.39 is 16.0 Å². The van der Waals surface area contributed by atoms with Crippen LogP contribution in [0.15, 0.2) is 17.2 Å². The summed E-state index contributed by atoms with van der Waals surface area (Å²) in [5.41, 5.74) is 0.227. The zero-order chi connectivity index (χ0) is 17.2. The Bertz CT molecular complexity index is 706. The predicted octanol–water partition coefficient (Wildman–Crippen LogP) is 0.260. The second kappa shape index (κ2) is 6.71. The fourth-order valence-corrected chi connectivity index (χ4v) is 3.09. The number of carbonyl (C=O) groups excluding carboxylic acids is 1. The molecule has 23 heavy (non-hydrogen) atoms. The van der Waals surface area contributed by atoms with Gasteiger partial charge in [0.15, 0.2) is 0 Å². The highest BCUT2D eigenvalue weighted by Gasteiger charge is 2.29. The normalized spacial score (nSPS) is 14.7. The van der Waals surface area contributed by atoms with Gasteiger partial charge in [0.1, 0.15) is 10.6 Å². The molecule has 2 N–H and O–H groups in total. The van der Waals surface area contributed by atoms with E-state index in [1.54, 1.807) is 7.05 Å². The van der Waals surface area contributed by atoms with Crippen molar-refractivity contribution in [3.63, 3.8) is 0 Å². The summed E-state index contributed by atoms with van der Waals surface area (Å²) in [7, 11) is -0.738. The van der Waals surface area contributed by atoms with Gasteiger partial charge in [-0.2, -0.15) is 0 Å². The van der Waals surface area contributed by atoms with E-state index >= 15 is 0 Å². The molecule has 0 radical (unpaired) electrons. The smallest absolute Gasteiger partial charge is 0.305 e. The highest BCUT2D eigenvalue weighted by Crippen LogP contribution is 2.30. The number of hydrogen-bond acceptors (Lipinski definition) is 4. The first kappa shape index (κ1) is 17.5. The molecule has 0 atom stereocenters. The number of hydrogen-bond donors (Lipinski definition) is 2. The maximum absolute atomic E-state index is 12.7. The summed E-state index contributed by atoms with van der Waals surface area (Å²) < 4.78 is 27.3. The number of aryl methyl sites for hydroxylation is 1. The lowest BCUT2D eigenvalue weighted by Crippen LogP contribution is -2.35. The van der Waals surface area contributed by atoms with E-state index in [0.717, 1.165) is 12.8 Å². The van der Waals surface area contributed by atoms with Gasteiger partial charge in [0.25, 0.3) is 5.91 Å². The van der Waals surface area contributed by atoms with Gasteiger partial charge in [0, 0.05) is 26.3 Å². The second-order valence-electron chi connectivity index (χ2n) is 5.72. The van der Waals surface area contributed by atoms with Crippen LogP contribution < -0.4 is 4.72 Å². The number of carboxylic acid groups (broad SMARTS) is 1. The largest absolute Gasteiger partial charge is 0.481 e. The summed E-state index contributed by atoms with van der Waals surface area (Å²) in [6, 6.07) is 1.31. The number of amides is 1. The lowest BCUT2D eigenvalue weighted by Gasteiger charge is -2.22. The molecule has 1 amide bonds. The maximum atomic E-state index is 12.7. The van der Waals surface area contributed by atoms with Crippen LogP contribution in [-0.4, -0.2) is 55.0 Å². The maximum Gasteiger partial charge on any atom is 0.305 e. The van der Waals surface area contributed by atoms with Gasteiger partial charge in [-0.05, 0) is 31.9 Å². The van der Waals surface area contributed by atoms with Crippen molar-refractivity contribution in [1.82, 2.24) is 14.2 Å². The molecule has 0 bridgehead atoms. The first-order valence-corrected chi connectivity index (χ1v) is 8.84. The fraction of sp³-hybridized carbons (Fsp3) is 0.571. The average molecular weight is 343 g/mol. The fourth-order valence-electron chi connectivity index (χ4n) is 2.29. The highest BCUT2D eigenvalue weighted by atomic mass is 32.2. The summed E-state index contributed by atoms with van der Waals surface area (Å²) in [6.45, 7) is 0.620. The molecule has 1 fully saturated rings. The van der Waals surface area contributed by atoms with Crippen molar-refractivity contribution in [3.8, 4) is 0 Å². The summed E-state index contributed by atoms with van der Waals surface area (Å²) in [4.78, 5) is 24.9. The van der Waals surface area contributed by atoms with Crippen molar-refractivity contribution in [3.05, 3.63) is 18.0 Å². The van der Waals surface area contributed by atoms with Crippen LogP contribution >= 0.6 is 0 Å². The van der Waals surface area contributed by atoms with Crippen molar-refractivity contribution < 1.29 is 23.1 Å². The van der Waals surface area contributed by atoms with E-state index in [1.165, 1.54) is 28.8 Å². The van der Waals surface area contributed by atoms with Crippen LogP contribution in [0.4, 0.5) is 0 Å². The average Bonchev–Trinajstić information content (AvgIpc) is 3.22. The van der Waals surface area contributed by atoms with E-state index in [-0.39, 0.29) is 29.5 Å². The number of rotatable bonds is 8. The number of carbonyl (C=O) groups is 2. The summed E-state index contributed by atoms with van der Waals surface area (Å²) in [6.07, 6.45) is 3.29. The van der Waals surface area contributed by atoms with E-state index in [1.807, 2.05) is 0 Å². The van der Waals surface area contributed by atoms with E-state index in [0.29, 0.717) is 12.5 Å². The van der Waals surface area contributed by atoms with Crippen molar-refractivity contribution in [2.24, 2.45) is 13.0 Å². The number of aliphatic carboxylic acids is 1. The molecule has 0 unspecified atom stereocenters. The first-order valence-electron chi connectivity index (χ1n) is 7.35. The van der Waals surface area contributed by atoms with Gasteiger partial charge in [-0.25, -0.2) is 13.1 Å². The quantitative estimate of drug-likeness (QED) is 0.704. The van der Waals surface area contributed by atoms with Crippen LogP contribution in [0.1, 0.15) is 29.8 Å². The molecule has 1 saturated carbocycles. The monoisotopic (exact) mass is 343 g/mol. The van der Waals surface area contributed by atoms with Crippen LogP contribution in [-0.2, 0) is 21.9 Å². The standard InChI is InChI=1S/C14H21N3O5S/c1-15-23(21,22)11-7-12(16(2)9-11)14(20)17(6-5-13(18)19)8-10-3-4-10/h7,9-10,15H,3-6,8H2,1-2H3,(H,18,19). The van der Waals surface area contributed by atoms with Crippen LogP contribution in [0.5, 0.6) is 0 Å². The Labute approximate surface area is 135 Å². The number of sulfonamides is 1. The molecule has 0 saturated heterocycles. The summed E-state index contributed by atoms with van der Waals surface area (Å²) >= 11 is 0. The minimum Gasteiger partial charge on any atom is -0.481 e. The SMILES string of the molecule is CNS(=O)(=O)c1cc(C(=O)N(CCC(=O)O)CC2CC2)n(C)c1. The third-order valence-corrected chi connectivity index (χ3v) is 5.22. The van der Waals surface area contributed by atoms with Gasteiger partial charge in [0.2, 0.25) is 10.0 Å². The molecule has 0 aliphatic heterocycles. The molecule has 2 rings (SSSR count). The lowest BCUT2D eigenvalue weighted by atomic mass is 10.2. The molecule has 1 aliphatic rings. The Morgan fingerprint density at radius 3 is 2.61 bits per heavy atom. The second-order valence-corrected chi connectivity index (χ2v) is 7.60. The molecule has 1 heterocycles. The predicted molar refractivity (Wildman–Crippen MR) is 82.5 cm³/mol. The van der Waals surface area contributed by atoms with Crippen LogP contribution in [0.3, 0.4) is 0 Å². The molecule has 9 heteroatoms. The molecular weight excluding hydrogens is 322 g/mol. The summed E-state index contributed by atoms with van der Waals surface area (Å²) in [5, 5.41) is 8.83. The first-order chi connectivity index (χ1) is 10.7. The van der Waals surface area contributed by atoms with Crippen LogP contribution in [0, 0.1) is 5.92 Å². The molecule has 1 aliphatic carbocycles. The topological polar surface area (TPSA) is 109 Å². The molecule has 8 nitrogen and oxygen atoms in total. The van der Waals surface area contributed by atoms with Gasteiger partial charge in [-0.3, -0.25) is 9.59 Å². The van der Waals surface area contributed by atoms with Gasteiger partial charge < -0.3 is 14.6 Å². The molecule has 0 aromatic carbocycles. The number of nitrogens with one attached hydrogen (secondary N) is 1. The number of aromatic nitrogens is 1. The third kappa shape index (κ3) is 4.32. The minimum absolute atomic E-state index is 0.00968. The Morgan fingerprint density at radius 2 is 2.09 bits per heavy atom. The zero-order valence-electron chi connectivity index (χ0n) is 13.2. The Hall–Kier alpha value is -1.87.